The number of hydrogen-bond acceptors (Lipinski definition) is 7. The molecule has 0 unspecified atom stereocenters. The van der Waals surface area contributed by atoms with Crippen molar-refractivity contribution < 1.29 is 5.11 Å². The second kappa shape index (κ2) is 6.75. The largest absolute Gasteiger partial charge is 0.507 e. The first-order valence-electron chi connectivity index (χ1n) is 6.78. The Bertz CT molecular complexity index is 643. The molecule has 0 aliphatic carbocycles. The highest BCUT2D eigenvalue weighted by Gasteiger charge is 2.07. The summed E-state index contributed by atoms with van der Waals surface area (Å²) in [6.07, 6.45) is 1.54. The second-order valence-corrected chi connectivity index (χ2v) is 5.13. The summed E-state index contributed by atoms with van der Waals surface area (Å²) in [4.78, 5) is 12.5. The number of aromatic hydroxyl groups is 1. The van der Waals surface area contributed by atoms with Crippen LogP contribution in [0.4, 0.5) is 17.6 Å². The van der Waals surface area contributed by atoms with Gasteiger partial charge in [-0.05, 0) is 12.1 Å². The third kappa shape index (κ3) is 3.85. The van der Waals surface area contributed by atoms with E-state index in [0.29, 0.717) is 17.3 Å². The van der Waals surface area contributed by atoms with Gasteiger partial charge in [-0.25, -0.2) is 0 Å². The van der Waals surface area contributed by atoms with E-state index in [4.69, 9.17) is 0 Å². The molecule has 0 radical (unpaired) electrons. The third-order valence-corrected chi connectivity index (χ3v) is 2.88. The van der Waals surface area contributed by atoms with Crippen molar-refractivity contribution in [1.82, 2.24) is 9.97 Å². The van der Waals surface area contributed by atoms with Gasteiger partial charge in [-0.3, -0.25) is 5.43 Å². The summed E-state index contributed by atoms with van der Waals surface area (Å²) >= 11 is 0. The predicted molar refractivity (Wildman–Crippen MR) is 90.0 cm³/mol. The van der Waals surface area contributed by atoms with Gasteiger partial charge in [0, 0.05) is 39.8 Å². The van der Waals surface area contributed by atoms with Crippen LogP contribution in [0.15, 0.2) is 35.4 Å². The topological polar surface area (TPSA) is 76.9 Å². The lowest BCUT2D eigenvalue weighted by Gasteiger charge is -2.16. The zero-order chi connectivity index (χ0) is 16.1. The number of nitrogens with one attached hydrogen (secondary N) is 1. The summed E-state index contributed by atoms with van der Waals surface area (Å²) < 4.78 is 0. The first-order valence-corrected chi connectivity index (χ1v) is 6.78. The van der Waals surface area contributed by atoms with Gasteiger partial charge < -0.3 is 14.9 Å². The number of nitrogens with zero attached hydrogens (tertiary/aromatic N) is 5. The molecule has 0 aliphatic heterocycles. The molecule has 0 amide bonds. The Morgan fingerprint density at radius 2 is 1.82 bits per heavy atom. The SMILES string of the molecule is CN(C)c1cc(NN=Cc2ccccc2O)nc(N(C)C)n1. The fraction of sp³-hybridized carbons (Fsp3) is 0.267. The molecule has 0 fully saturated rings. The number of hydrazone groups is 1. The smallest absolute Gasteiger partial charge is 0.228 e. The molecule has 0 atom stereocenters. The summed E-state index contributed by atoms with van der Waals surface area (Å²) in [5, 5.41) is 13.8. The molecule has 1 aromatic heterocycles. The molecule has 0 bridgehead atoms. The van der Waals surface area contributed by atoms with Gasteiger partial charge in [0.25, 0.3) is 0 Å². The Hall–Kier alpha value is -2.83. The Morgan fingerprint density at radius 3 is 2.45 bits per heavy atom. The maximum Gasteiger partial charge on any atom is 0.228 e. The van der Waals surface area contributed by atoms with Crippen molar-refractivity contribution in [1.29, 1.82) is 0 Å². The third-order valence-electron chi connectivity index (χ3n) is 2.88. The second-order valence-electron chi connectivity index (χ2n) is 5.13. The van der Waals surface area contributed by atoms with Gasteiger partial charge in [0.2, 0.25) is 5.95 Å². The van der Waals surface area contributed by atoms with Crippen LogP contribution < -0.4 is 15.2 Å². The van der Waals surface area contributed by atoms with Crippen LogP contribution >= 0.6 is 0 Å². The average molecular weight is 300 g/mol. The van der Waals surface area contributed by atoms with Crippen LogP contribution in [0.3, 0.4) is 0 Å². The van der Waals surface area contributed by atoms with E-state index in [1.54, 1.807) is 30.5 Å². The van der Waals surface area contributed by atoms with Crippen LogP contribution in [0.25, 0.3) is 0 Å². The van der Waals surface area contributed by atoms with Gasteiger partial charge >= 0.3 is 0 Å². The number of anilines is 3. The number of aromatic nitrogens is 2. The number of phenolic OH excluding ortho intramolecular Hbond substituents is 1. The van der Waals surface area contributed by atoms with Gasteiger partial charge in [-0.2, -0.15) is 15.1 Å². The number of phenols is 1. The van der Waals surface area contributed by atoms with Gasteiger partial charge in [0.1, 0.15) is 11.6 Å². The molecule has 0 saturated carbocycles. The highest BCUT2D eigenvalue weighted by Crippen LogP contribution is 2.18. The van der Waals surface area contributed by atoms with Crippen molar-refractivity contribution in [2.45, 2.75) is 0 Å². The van der Waals surface area contributed by atoms with E-state index in [9.17, 15) is 5.11 Å². The van der Waals surface area contributed by atoms with Crippen molar-refractivity contribution in [3.8, 4) is 5.75 Å². The molecule has 7 nitrogen and oxygen atoms in total. The van der Waals surface area contributed by atoms with Crippen LogP contribution in [0, 0.1) is 0 Å². The molecule has 22 heavy (non-hydrogen) atoms. The average Bonchev–Trinajstić information content (AvgIpc) is 2.49. The highest BCUT2D eigenvalue weighted by molar-refractivity contribution is 5.83. The van der Waals surface area contributed by atoms with Gasteiger partial charge in [0.05, 0.1) is 6.21 Å². The first kappa shape index (κ1) is 15.6. The molecular weight excluding hydrogens is 280 g/mol. The number of benzene rings is 1. The van der Waals surface area contributed by atoms with E-state index in [-0.39, 0.29) is 5.75 Å². The molecule has 1 heterocycles. The van der Waals surface area contributed by atoms with Crippen LogP contribution in [0.2, 0.25) is 0 Å². The number of rotatable bonds is 5. The molecular formula is C15H20N6O. The van der Waals surface area contributed by atoms with Crippen LogP contribution in [-0.4, -0.2) is 49.5 Å². The fourth-order valence-electron chi connectivity index (χ4n) is 1.67. The zero-order valence-electron chi connectivity index (χ0n) is 13.1. The summed E-state index contributed by atoms with van der Waals surface area (Å²) in [5.74, 6) is 2.12. The predicted octanol–water partition coefficient (Wildman–Crippen LogP) is 1.76. The highest BCUT2D eigenvalue weighted by atomic mass is 16.3. The van der Waals surface area contributed by atoms with E-state index in [2.05, 4.69) is 20.5 Å². The van der Waals surface area contributed by atoms with Gasteiger partial charge in [-0.15, -0.1) is 0 Å². The molecule has 2 rings (SSSR count). The fourth-order valence-corrected chi connectivity index (χ4v) is 1.67. The maximum absolute atomic E-state index is 9.68. The van der Waals surface area contributed by atoms with Gasteiger partial charge in [0.15, 0.2) is 5.82 Å². The van der Waals surface area contributed by atoms with E-state index < -0.39 is 0 Å². The van der Waals surface area contributed by atoms with E-state index in [1.165, 1.54) is 0 Å². The normalized spacial score (nSPS) is 10.7. The summed E-state index contributed by atoms with van der Waals surface area (Å²) in [6.45, 7) is 0. The van der Waals surface area contributed by atoms with E-state index >= 15 is 0 Å². The van der Waals surface area contributed by atoms with Crippen molar-refractivity contribution in [2.75, 3.05) is 43.4 Å². The Kier molecular flexibility index (Phi) is 4.77. The molecule has 0 aliphatic rings. The lowest BCUT2D eigenvalue weighted by atomic mass is 10.2. The van der Waals surface area contributed by atoms with Crippen molar-refractivity contribution in [3.63, 3.8) is 0 Å². The molecule has 1 aromatic carbocycles. The summed E-state index contributed by atoms with van der Waals surface area (Å²) in [7, 11) is 7.58. The lowest BCUT2D eigenvalue weighted by molar-refractivity contribution is 0.474. The maximum atomic E-state index is 9.68. The van der Waals surface area contributed by atoms with E-state index in [1.807, 2.05) is 44.1 Å². The monoisotopic (exact) mass is 300 g/mol. The minimum atomic E-state index is 0.179. The molecule has 116 valence electrons. The quantitative estimate of drug-likeness (QED) is 0.647. The first-order chi connectivity index (χ1) is 10.5. The molecule has 2 N–H and O–H groups in total. The molecule has 0 spiro atoms. The van der Waals surface area contributed by atoms with Crippen LogP contribution in [0.5, 0.6) is 5.75 Å². The van der Waals surface area contributed by atoms with Crippen LogP contribution in [-0.2, 0) is 0 Å². The number of para-hydroxylation sites is 1. The Morgan fingerprint density at radius 1 is 1.09 bits per heavy atom. The zero-order valence-corrected chi connectivity index (χ0v) is 13.1. The molecule has 7 heteroatoms. The lowest BCUT2D eigenvalue weighted by Crippen LogP contribution is -2.17. The van der Waals surface area contributed by atoms with Crippen molar-refractivity contribution in [2.24, 2.45) is 5.10 Å². The van der Waals surface area contributed by atoms with E-state index in [0.717, 1.165) is 5.82 Å². The van der Waals surface area contributed by atoms with Crippen molar-refractivity contribution in [3.05, 3.63) is 35.9 Å². The van der Waals surface area contributed by atoms with Crippen molar-refractivity contribution >= 4 is 23.8 Å². The van der Waals surface area contributed by atoms with Crippen LogP contribution in [0.1, 0.15) is 5.56 Å². The molecule has 0 saturated heterocycles. The Balaban J connectivity index is 2.20. The summed E-state index contributed by atoms with van der Waals surface area (Å²) in [6, 6.07) is 8.78. The number of hydrogen-bond donors (Lipinski definition) is 2. The summed E-state index contributed by atoms with van der Waals surface area (Å²) in [5.41, 5.74) is 3.49. The molecule has 2 aromatic rings. The minimum Gasteiger partial charge on any atom is -0.507 e. The van der Waals surface area contributed by atoms with Gasteiger partial charge in [-0.1, -0.05) is 12.1 Å². The Labute approximate surface area is 129 Å². The standard InChI is InChI=1S/C15H20N6O/c1-20(2)14-9-13(17-15(18-14)21(3)4)19-16-10-11-7-5-6-8-12(11)22/h5-10,22H,1-4H3,(H,17,18,19). The minimum absolute atomic E-state index is 0.179.